The van der Waals surface area contributed by atoms with Crippen LogP contribution in [0, 0.1) is 0 Å². The van der Waals surface area contributed by atoms with Crippen LogP contribution in [0.5, 0.6) is 0 Å². The van der Waals surface area contributed by atoms with Crippen LogP contribution in [0.25, 0.3) is 0 Å². The van der Waals surface area contributed by atoms with E-state index in [1.807, 2.05) is 6.92 Å². The first-order valence-electron chi connectivity index (χ1n) is 4.52. The van der Waals surface area contributed by atoms with Crippen molar-refractivity contribution in [2.45, 2.75) is 26.2 Å². The topological polar surface area (TPSA) is 52.6 Å². The highest BCUT2D eigenvalue weighted by molar-refractivity contribution is 5.96. The Labute approximate surface area is 83.9 Å². The van der Waals surface area contributed by atoms with Crippen LogP contribution in [0.2, 0.25) is 0 Å². The van der Waals surface area contributed by atoms with Gasteiger partial charge in [-0.05, 0) is 12.8 Å². The van der Waals surface area contributed by atoms with E-state index in [0.717, 1.165) is 12.8 Å². The van der Waals surface area contributed by atoms with Crippen LogP contribution >= 0.6 is 0 Å². The summed E-state index contributed by atoms with van der Waals surface area (Å²) in [6.07, 6.45) is 3.52. The third-order valence-electron chi connectivity index (χ3n) is 1.74. The zero-order valence-corrected chi connectivity index (χ0v) is 8.83. The van der Waals surface area contributed by atoms with E-state index in [0.29, 0.717) is 12.0 Å². The average molecular weight is 200 g/mol. The van der Waals surface area contributed by atoms with Gasteiger partial charge in [-0.3, -0.25) is 0 Å². The molecule has 0 aromatic heterocycles. The lowest BCUT2D eigenvalue weighted by atomic mass is 10.1. The standard InChI is InChI=1S/C10H16O4/c1-4-5-6-8(10(12)14-3)7-9(11)13-2/h7H,4-6H2,1-3H3/b8-7-. The van der Waals surface area contributed by atoms with Gasteiger partial charge in [0.1, 0.15) is 0 Å². The van der Waals surface area contributed by atoms with Gasteiger partial charge in [-0.15, -0.1) is 0 Å². The first-order valence-corrected chi connectivity index (χ1v) is 4.52. The van der Waals surface area contributed by atoms with E-state index in [-0.39, 0.29) is 0 Å². The van der Waals surface area contributed by atoms with Crippen molar-refractivity contribution in [2.75, 3.05) is 14.2 Å². The highest BCUT2D eigenvalue weighted by Crippen LogP contribution is 2.09. The van der Waals surface area contributed by atoms with Gasteiger partial charge in [-0.25, -0.2) is 9.59 Å². The molecule has 4 nitrogen and oxygen atoms in total. The Kier molecular flexibility index (Phi) is 6.45. The second kappa shape index (κ2) is 7.12. The molecule has 0 spiro atoms. The molecule has 0 aliphatic carbocycles. The predicted molar refractivity (Wildman–Crippen MR) is 51.6 cm³/mol. The molecule has 80 valence electrons. The lowest BCUT2D eigenvalue weighted by Gasteiger charge is -2.03. The van der Waals surface area contributed by atoms with Gasteiger partial charge >= 0.3 is 11.9 Å². The van der Waals surface area contributed by atoms with Crippen LogP contribution in [0.4, 0.5) is 0 Å². The highest BCUT2D eigenvalue weighted by Gasteiger charge is 2.11. The lowest BCUT2D eigenvalue weighted by molar-refractivity contribution is -0.138. The van der Waals surface area contributed by atoms with Crippen molar-refractivity contribution in [3.05, 3.63) is 11.6 Å². The van der Waals surface area contributed by atoms with Gasteiger partial charge in [0.2, 0.25) is 0 Å². The molecular weight excluding hydrogens is 184 g/mol. The summed E-state index contributed by atoms with van der Waals surface area (Å²) in [4.78, 5) is 22.1. The molecule has 0 radical (unpaired) electrons. The van der Waals surface area contributed by atoms with Gasteiger partial charge in [-0.2, -0.15) is 0 Å². The average Bonchev–Trinajstić information content (AvgIpc) is 2.22. The largest absolute Gasteiger partial charge is 0.466 e. The fourth-order valence-electron chi connectivity index (χ4n) is 0.933. The minimum atomic E-state index is -0.526. The predicted octanol–water partition coefficient (Wildman–Crippen LogP) is 1.45. The van der Waals surface area contributed by atoms with Crippen molar-refractivity contribution in [2.24, 2.45) is 0 Å². The molecule has 0 heterocycles. The number of carbonyl (C=O) groups excluding carboxylic acids is 2. The molecule has 14 heavy (non-hydrogen) atoms. The number of methoxy groups -OCH3 is 2. The maximum atomic E-state index is 11.2. The molecule has 0 aliphatic rings. The number of hydrogen-bond donors (Lipinski definition) is 0. The first-order chi connectivity index (χ1) is 6.65. The Morgan fingerprint density at radius 3 is 2.29 bits per heavy atom. The van der Waals surface area contributed by atoms with Crippen molar-refractivity contribution in [1.82, 2.24) is 0 Å². The lowest BCUT2D eigenvalue weighted by Crippen LogP contribution is -2.08. The summed E-state index contributed by atoms with van der Waals surface area (Å²) in [5.74, 6) is -0.995. The van der Waals surface area contributed by atoms with Gasteiger partial charge in [0.15, 0.2) is 0 Å². The second-order valence-corrected chi connectivity index (χ2v) is 2.79. The monoisotopic (exact) mass is 200 g/mol. The van der Waals surface area contributed by atoms with E-state index in [1.165, 1.54) is 20.3 Å². The molecule has 0 fully saturated rings. The molecule has 0 atom stereocenters. The maximum absolute atomic E-state index is 11.2. The normalized spacial score (nSPS) is 10.9. The number of unbranched alkanes of at least 4 members (excludes halogenated alkanes) is 1. The molecule has 0 aromatic carbocycles. The summed E-state index contributed by atoms with van der Waals surface area (Å²) < 4.78 is 8.97. The molecule has 0 aliphatic heterocycles. The summed E-state index contributed by atoms with van der Waals surface area (Å²) in [5, 5.41) is 0. The number of hydrogen-bond acceptors (Lipinski definition) is 4. The first kappa shape index (κ1) is 12.7. The number of rotatable bonds is 5. The third kappa shape index (κ3) is 4.64. The fourth-order valence-corrected chi connectivity index (χ4v) is 0.933. The summed E-state index contributed by atoms with van der Waals surface area (Å²) in [7, 11) is 2.56. The van der Waals surface area contributed by atoms with Crippen LogP contribution in [-0.2, 0) is 19.1 Å². The Morgan fingerprint density at radius 2 is 1.86 bits per heavy atom. The SMILES string of the molecule is CCCC/C(=C/C(=O)OC)C(=O)OC. The smallest absolute Gasteiger partial charge is 0.333 e. The highest BCUT2D eigenvalue weighted by atomic mass is 16.5. The molecule has 0 amide bonds. The summed E-state index contributed by atoms with van der Waals surface area (Å²) >= 11 is 0. The summed E-state index contributed by atoms with van der Waals surface area (Å²) in [6, 6.07) is 0. The summed E-state index contributed by atoms with van der Waals surface area (Å²) in [6.45, 7) is 2.01. The van der Waals surface area contributed by atoms with Crippen LogP contribution in [0.3, 0.4) is 0 Å². The van der Waals surface area contributed by atoms with Crippen LogP contribution < -0.4 is 0 Å². The molecule has 0 saturated heterocycles. The van der Waals surface area contributed by atoms with Crippen LogP contribution in [-0.4, -0.2) is 26.2 Å². The van der Waals surface area contributed by atoms with Crippen LogP contribution in [0.1, 0.15) is 26.2 Å². The Morgan fingerprint density at radius 1 is 1.21 bits per heavy atom. The molecule has 0 rings (SSSR count). The summed E-state index contributed by atoms with van der Waals surface area (Å²) in [5.41, 5.74) is 0.362. The minimum absolute atomic E-state index is 0.362. The van der Waals surface area contributed by atoms with Gasteiger partial charge in [-0.1, -0.05) is 13.3 Å². The second-order valence-electron chi connectivity index (χ2n) is 2.79. The van der Waals surface area contributed by atoms with Crippen molar-refractivity contribution < 1.29 is 19.1 Å². The molecule has 4 heteroatoms. The molecule has 0 unspecified atom stereocenters. The van der Waals surface area contributed by atoms with Gasteiger partial charge in [0.25, 0.3) is 0 Å². The number of carbonyl (C=O) groups is 2. The van der Waals surface area contributed by atoms with Crippen molar-refractivity contribution >= 4 is 11.9 Å². The van der Waals surface area contributed by atoms with Crippen molar-refractivity contribution in [3.63, 3.8) is 0 Å². The number of esters is 2. The van der Waals surface area contributed by atoms with E-state index in [4.69, 9.17) is 0 Å². The molecule has 0 saturated carbocycles. The van der Waals surface area contributed by atoms with E-state index in [9.17, 15) is 9.59 Å². The zero-order chi connectivity index (χ0) is 11.0. The molecular formula is C10H16O4. The Balaban J connectivity index is 4.45. The quantitative estimate of drug-likeness (QED) is 0.498. The maximum Gasteiger partial charge on any atom is 0.333 e. The van der Waals surface area contributed by atoms with Crippen LogP contribution in [0.15, 0.2) is 11.6 Å². The Bertz CT molecular complexity index is 230. The molecule has 0 bridgehead atoms. The van der Waals surface area contributed by atoms with E-state index >= 15 is 0 Å². The van der Waals surface area contributed by atoms with Gasteiger partial charge < -0.3 is 9.47 Å². The molecule has 0 aromatic rings. The minimum Gasteiger partial charge on any atom is -0.466 e. The zero-order valence-electron chi connectivity index (χ0n) is 8.83. The third-order valence-corrected chi connectivity index (χ3v) is 1.74. The van der Waals surface area contributed by atoms with E-state index in [1.54, 1.807) is 0 Å². The van der Waals surface area contributed by atoms with E-state index in [2.05, 4.69) is 9.47 Å². The van der Waals surface area contributed by atoms with Gasteiger partial charge in [0.05, 0.1) is 14.2 Å². The van der Waals surface area contributed by atoms with Crippen molar-refractivity contribution in [1.29, 1.82) is 0 Å². The van der Waals surface area contributed by atoms with Gasteiger partial charge in [0, 0.05) is 11.6 Å². The van der Waals surface area contributed by atoms with E-state index < -0.39 is 11.9 Å². The Hall–Kier alpha value is -1.32. The van der Waals surface area contributed by atoms with Crippen molar-refractivity contribution in [3.8, 4) is 0 Å². The molecule has 0 N–H and O–H groups in total. The number of ether oxygens (including phenoxy) is 2. The fraction of sp³-hybridized carbons (Fsp3) is 0.600.